The Bertz CT molecular complexity index is 133. The molecule has 0 radical (unpaired) electrons. The predicted octanol–water partition coefficient (Wildman–Crippen LogP) is 1.85. The minimum Gasteiger partial charge on any atom is -0.397 e. The Morgan fingerprint density at radius 1 is 1.21 bits per heavy atom. The monoisotopic (exact) mass is 218 g/mol. The zero-order chi connectivity index (χ0) is 10.2. The molecule has 1 saturated heterocycles. The maximum atomic E-state index is 5.59. The molecule has 84 valence electrons. The molecule has 1 atom stereocenters. The first kappa shape index (κ1) is 12.2. The fourth-order valence-electron chi connectivity index (χ4n) is 1.50. The number of rotatable bonds is 9. The van der Waals surface area contributed by atoms with Gasteiger partial charge in [0.05, 0.1) is 12.7 Å². The first-order valence-corrected chi connectivity index (χ1v) is 7.47. The van der Waals surface area contributed by atoms with E-state index >= 15 is 0 Å². The Morgan fingerprint density at radius 3 is 2.36 bits per heavy atom. The summed E-state index contributed by atoms with van der Waals surface area (Å²) >= 11 is 0. The first-order valence-electron chi connectivity index (χ1n) is 5.71. The van der Waals surface area contributed by atoms with Crippen molar-refractivity contribution in [1.29, 1.82) is 0 Å². The molecule has 0 spiro atoms. The van der Waals surface area contributed by atoms with Gasteiger partial charge in [0.25, 0.3) is 0 Å². The van der Waals surface area contributed by atoms with E-state index in [9.17, 15) is 0 Å². The second kappa shape index (κ2) is 7.40. The highest BCUT2D eigenvalue weighted by molar-refractivity contribution is 6.44. The Morgan fingerprint density at radius 2 is 1.86 bits per heavy atom. The van der Waals surface area contributed by atoms with Gasteiger partial charge in [-0.15, -0.1) is 0 Å². The molecule has 0 bridgehead atoms. The van der Waals surface area contributed by atoms with Crippen LogP contribution in [0.3, 0.4) is 0 Å². The van der Waals surface area contributed by atoms with Crippen LogP contribution < -0.4 is 0 Å². The van der Waals surface area contributed by atoms with Crippen molar-refractivity contribution in [3.8, 4) is 0 Å². The average Bonchev–Trinajstić information content (AvgIpc) is 2.96. The zero-order valence-electron chi connectivity index (χ0n) is 9.33. The number of hydrogen-bond acceptors (Lipinski definition) is 3. The van der Waals surface area contributed by atoms with Crippen LogP contribution in [0.2, 0.25) is 6.04 Å². The van der Waals surface area contributed by atoms with E-state index in [-0.39, 0.29) is 0 Å². The highest BCUT2D eigenvalue weighted by atomic mass is 28.3. The lowest BCUT2D eigenvalue weighted by atomic mass is 10.2. The number of epoxide rings is 1. The molecule has 1 unspecified atom stereocenters. The first-order chi connectivity index (χ1) is 6.86. The molecule has 1 heterocycles. The topological polar surface area (TPSA) is 31.0 Å². The predicted molar refractivity (Wildman–Crippen MR) is 58.8 cm³/mol. The number of ether oxygens (including phenoxy) is 1. The van der Waals surface area contributed by atoms with Gasteiger partial charge in [0, 0.05) is 13.2 Å². The summed E-state index contributed by atoms with van der Waals surface area (Å²) in [4.78, 5) is 0. The van der Waals surface area contributed by atoms with Gasteiger partial charge in [-0.3, -0.25) is 0 Å². The molecule has 0 amide bonds. The lowest BCUT2D eigenvalue weighted by Crippen LogP contribution is -2.22. The zero-order valence-corrected chi connectivity index (χ0v) is 10.5. The molecule has 0 aliphatic carbocycles. The summed E-state index contributed by atoms with van der Waals surface area (Å²) in [6.45, 7) is 6.65. The van der Waals surface area contributed by atoms with E-state index in [1.54, 1.807) is 0 Å². The molecule has 0 aromatic heterocycles. The molecule has 1 rings (SSSR count). The van der Waals surface area contributed by atoms with Crippen LogP contribution in [-0.2, 0) is 13.6 Å². The second-order valence-corrected chi connectivity index (χ2v) is 5.68. The van der Waals surface area contributed by atoms with Gasteiger partial charge in [-0.25, -0.2) is 0 Å². The van der Waals surface area contributed by atoms with E-state index in [4.69, 9.17) is 13.6 Å². The van der Waals surface area contributed by atoms with E-state index in [2.05, 4.69) is 0 Å². The molecule has 0 aromatic carbocycles. The van der Waals surface area contributed by atoms with Crippen LogP contribution >= 0.6 is 0 Å². The molecule has 1 aliphatic rings. The molecule has 1 aliphatic heterocycles. The Balaban J connectivity index is 1.93. The van der Waals surface area contributed by atoms with Crippen LogP contribution in [-0.4, -0.2) is 35.2 Å². The van der Waals surface area contributed by atoms with Crippen LogP contribution in [0.25, 0.3) is 0 Å². The van der Waals surface area contributed by atoms with Gasteiger partial charge < -0.3 is 13.6 Å². The standard InChI is InChI=1S/C10H22O3Si/c1-3-12-14(13-4-2)8-6-5-7-10-9-11-10/h10,14H,3-9H2,1-2H3. The number of hydrogen-bond donors (Lipinski definition) is 0. The highest BCUT2D eigenvalue weighted by Crippen LogP contribution is 2.18. The summed E-state index contributed by atoms with van der Waals surface area (Å²) in [5.74, 6) is 0. The second-order valence-electron chi connectivity index (χ2n) is 3.58. The van der Waals surface area contributed by atoms with Crippen molar-refractivity contribution in [2.45, 2.75) is 45.3 Å². The van der Waals surface area contributed by atoms with Gasteiger partial charge in [-0.1, -0.05) is 12.8 Å². The van der Waals surface area contributed by atoms with E-state index in [0.717, 1.165) is 25.9 Å². The third kappa shape index (κ3) is 5.75. The van der Waals surface area contributed by atoms with Crippen LogP contribution in [0.5, 0.6) is 0 Å². The summed E-state index contributed by atoms with van der Waals surface area (Å²) in [5.41, 5.74) is 0. The minimum absolute atomic E-state index is 0.578. The third-order valence-corrected chi connectivity index (χ3v) is 4.61. The molecular formula is C10H22O3Si. The quantitative estimate of drug-likeness (QED) is 0.336. The van der Waals surface area contributed by atoms with E-state index in [1.807, 2.05) is 13.8 Å². The Hall–Kier alpha value is 0.0969. The van der Waals surface area contributed by atoms with Gasteiger partial charge in [-0.2, -0.15) is 0 Å². The minimum atomic E-state index is -1.32. The normalized spacial score (nSPS) is 20.4. The smallest absolute Gasteiger partial charge is 0.321 e. The molecular weight excluding hydrogens is 196 g/mol. The SMILES string of the molecule is CCO[SiH](CCCCC1CO1)OCC. The summed E-state index contributed by atoms with van der Waals surface area (Å²) < 4.78 is 16.3. The van der Waals surface area contributed by atoms with Gasteiger partial charge in [0.15, 0.2) is 0 Å². The Labute approximate surface area is 88.6 Å². The van der Waals surface area contributed by atoms with Crippen molar-refractivity contribution >= 4 is 9.28 Å². The van der Waals surface area contributed by atoms with Gasteiger partial charge in [-0.05, 0) is 26.3 Å². The van der Waals surface area contributed by atoms with E-state index in [0.29, 0.717) is 6.10 Å². The Kier molecular flexibility index (Phi) is 6.43. The van der Waals surface area contributed by atoms with Crippen molar-refractivity contribution in [2.24, 2.45) is 0 Å². The van der Waals surface area contributed by atoms with Crippen molar-refractivity contribution in [3.63, 3.8) is 0 Å². The lowest BCUT2D eigenvalue weighted by molar-refractivity contribution is 0.212. The summed E-state index contributed by atoms with van der Waals surface area (Å²) in [5, 5.41) is 0. The van der Waals surface area contributed by atoms with Crippen LogP contribution in [0, 0.1) is 0 Å². The average molecular weight is 218 g/mol. The van der Waals surface area contributed by atoms with E-state index in [1.165, 1.54) is 19.3 Å². The lowest BCUT2D eigenvalue weighted by Gasteiger charge is -2.14. The summed E-state index contributed by atoms with van der Waals surface area (Å²) in [6, 6.07) is 1.15. The molecule has 4 heteroatoms. The highest BCUT2D eigenvalue weighted by Gasteiger charge is 2.21. The fourth-order valence-corrected chi connectivity index (χ4v) is 3.30. The van der Waals surface area contributed by atoms with Crippen LogP contribution in [0.15, 0.2) is 0 Å². The molecule has 0 aromatic rings. The fraction of sp³-hybridized carbons (Fsp3) is 1.00. The molecule has 1 fully saturated rings. The van der Waals surface area contributed by atoms with Gasteiger partial charge >= 0.3 is 9.28 Å². The van der Waals surface area contributed by atoms with Gasteiger partial charge in [0.2, 0.25) is 0 Å². The van der Waals surface area contributed by atoms with Crippen LogP contribution in [0.1, 0.15) is 33.1 Å². The van der Waals surface area contributed by atoms with E-state index < -0.39 is 9.28 Å². The van der Waals surface area contributed by atoms with Crippen molar-refractivity contribution in [2.75, 3.05) is 19.8 Å². The van der Waals surface area contributed by atoms with Crippen molar-refractivity contribution < 1.29 is 13.6 Å². The molecule has 0 saturated carbocycles. The number of unbranched alkanes of at least 4 members (excludes halogenated alkanes) is 1. The molecule has 3 nitrogen and oxygen atoms in total. The van der Waals surface area contributed by atoms with Crippen molar-refractivity contribution in [3.05, 3.63) is 0 Å². The maximum absolute atomic E-state index is 5.59. The third-order valence-electron chi connectivity index (χ3n) is 2.32. The molecule has 14 heavy (non-hydrogen) atoms. The summed E-state index contributed by atoms with van der Waals surface area (Å²) in [7, 11) is -1.32. The van der Waals surface area contributed by atoms with Crippen LogP contribution in [0.4, 0.5) is 0 Å². The summed E-state index contributed by atoms with van der Waals surface area (Å²) in [6.07, 6.45) is 4.29. The maximum Gasteiger partial charge on any atom is 0.321 e. The molecule has 0 N–H and O–H groups in total. The van der Waals surface area contributed by atoms with Gasteiger partial charge in [0.1, 0.15) is 0 Å². The van der Waals surface area contributed by atoms with Crippen molar-refractivity contribution in [1.82, 2.24) is 0 Å². The largest absolute Gasteiger partial charge is 0.397 e.